The molecule has 3 nitrogen and oxygen atoms in total. The SMILES string of the molecule is C=C(C)c1ccccc1C.CC(C)(C)OC(N)=O. The zero-order valence-corrected chi connectivity index (χ0v) is 11.9. The Morgan fingerprint density at radius 1 is 1.28 bits per heavy atom. The van der Waals surface area contributed by atoms with E-state index in [1.54, 1.807) is 20.8 Å². The number of hydrogen-bond donors (Lipinski definition) is 1. The fraction of sp³-hybridized carbons (Fsp3) is 0.400. The van der Waals surface area contributed by atoms with Gasteiger partial charge in [0.2, 0.25) is 0 Å². The van der Waals surface area contributed by atoms with Gasteiger partial charge in [-0.15, -0.1) is 0 Å². The molecule has 0 heterocycles. The van der Waals surface area contributed by atoms with Gasteiger partial charge in [-0.25, -0.2) is 4.79 Å². The van der Waals surface area contributed by atoms with E-state index in [1.807, 2.05) is 19.1 Å². The van der Waals surface area contributed by atoms with Gasteiger partial charge in [-0.05, 0) is 45.7 Å². The Kier molecular flexibility index (Phi) is 6.17. The van der Waals surface area contributed by atoms with E-state index in [1.165, 1.54) is 11.1 Å². The minimum atomic E-state index is -0.725. The van der Waals surface area contributed by atoms with E-state index in [4.69, 9.17) is 5.73 Å². The Morgan fingerprint density at radius 3 is 2.00 bits per heavy atom. The highest BCUT2D eigenvalue weighted by molar-refractivity contribution is 5.65. The predicted octanol–water partition coefficient (Wildman–Crippen LogP) is 3.91. The molecule has 0 fully saturated rings. The largest absolute Gasteiger partial charge is 0.444 e. The molecule has 0 atom stereocenters. The number of rotatable bonds is 1. The van der Waals surface area contributed by atoms with Crippen molar-refractivity contribution in [2.45, 2.75) is 40.2 Å². The summed E-state index contributed by atoms with van der Waals surface area (Å²) in [5.74, 6) is 0. The molecule has 18 heavy (non-hydrogen) atoms. The topological polar surface area (TPSA) is 52.3 Å². The molecule has 2 N–H and O–H groups in total. The quantitative estimate of drug-likeness (QED) is 0.820. The fourth-order valence-corrected chi connectivity index (χ4v) is 1.35. The van der Waals surface area contributed by atoms with Crippen LogP contribution in [0.25, 0.3) is 5.57 Å². The number of nitrogens with two attached hydrogens (primary N) is 1. The molecule has 1 amide bonds. The molecule has 0 bridgehead atoms. The first-order valence-corrected chi connectivity index (χ1v) is 5.83. The van der Waals surface area contributed by atoms with Crippen LogP contribution < -0.4 is 5.73 Å². The average Bonchev–Trinajstić information content (AvgIpc) is 2.14. The number of amides is 1. The van der Waals surface area contributed by atoms with Crippen LogP contribution in [0.3, 0.4) is 0 Å². The first kappa shape index (κ1) is 16.2. The van der Waals surface area contributed by atoms with Gasteiger partial charge in [0.25, 0.3) is 0 Å². The van der Waals surface area contributed by atoms with Crippen LogP contribution in [0, 0.1) is 6.92 Å². The van der Waals surface area contributed by atoms with E-state index < -0.39 is 11.7 Å². The molecule has 0 unspecified atom stereocenters. The lowest BCUT2D eigenvalue weighted by Gasteiger charge is -2.16. The Morgan fingerprint density at radius 2 is 1.78 bits per heavy atom. The second-order valence-electron chi connectivity index (χ2n) is 5.13. The third-order valence-corrected chi connectivity index (χ3v) is 2.01. The van der Waals surface area contributed by atoms with Crippen LogP contribution in [-0.4, -0.2) is 11.7 Å². The molecule has 0 radical (unpaired) electrons. The van der Waals surface area contributed by atoms with Crippen LogP contribution in [0.4, 0.5) is 4.79 Å². The minimum absolute atomic E-state index is 0.453. The maximum Gasteiger partial charge on any atom is 0.405 e. The minimum Gasteiger partial charge on any atom is -0.444 e. The number of ether oxygens (including phenoxy) is 1. The number of allylic oxidation sites excluding steroid dienone is 1. The normalized spacial score (nSPS) is 10.1. The van der Waals surface area contributed by atoms with Crippen LogP contribution in [0.1, 0.15) is 38.8 Å². The molecule has 1 aromatic rings. The van der Waals surface area contributed by atoms with Gasteiger partial charge in [0.1, 0.15) is 5.60 Å². The Bertz CT molecular complexity index is 417. The van der Waals surface area contributed by atoms with Crippen molar-refractivity contribution in [2.75, 3.05) is 0 Å². The van der Waals surface area contributed by atoms with Crippen molar-refractivity contribution < 1.29 is 9.53 Å². The predicted molar refractivity (Wildman–Crippen MR) is 76.3 cm³/mol. The van der Waals surface area contributed by atoms with E-state index in [-0.39, 0.29) is 0 Å². The zero-order chi connectivity index (χ0) is 14.3. The van der Waals surface area contributed by atoms with E-state index in [0.717, 1.165) is 5.57 Å². The van der Waals surface area contributed by atoms with Gasteiger partial charge in [-0.2, -0.15) is 0 Å². The zero-order valence-electron chi connectivity index (χ0n) is 11.9. The van der Waals surface area contributed by atoms with E-state index >= 15 is 0 Å². The van der Waals surface area contributed by atoms with Crippen molar-refractivity contribution >= 4 is 11.7 Å². The van der Waals surface area contributed by atoms with Crippen molar-refractivity contribution in [3.8, 4) is 0 Å². The second-order valence-corrected chi connectivity index (χ2v) is 5.13. The van der Waals surface area contributed by atoms with Crippen molar-refractivity contribution in [3.63, 3.8) is 0 Å². The molecule has 0 aliphatic heterocycles. The van der Waals surface area contributed by atoms with Crippen LogP contribution in [0.15, 0.2) is 30.8 Å². The summed E-state index contributed by atoms with van der Waals surface area (Å²) in [6.07, 6.45) is -0.725. The van der Waals surface area contributed by atoms with Crippen LogP contribution in [-0.2, 0) is 4.74 Å². The van der Waals surface area contributed by atoms with Crippen molar-refractivity contribution in [3.05, 3.63) is 42.0 Å². The number of primary amides is 1. The van der Waals surface area contributed by atoms with E-state index in [9.17, 15) is 4.79 Å². The lowest BCUT2D eigenvalue weighted by molar-refractivity contribution is 0.0600. The number of benzene rings is 1. The highest BCUT2D eigenvalue weighted by atomic mass is 16.6. The average molecular weight is 249 g/mol. The third kappa shape index (κ3) is 7.49. The summed E-state index contributed by atoms with van der Waals surface area (Å²) < 4.78 is 4.58. The van der Waals surface area contributed by atoms with Gasteiger partial charge < -0.3 is 10.5 Å². The standard InChI is InChI=1S/C10H12.C5H11NO2/c1-8(2)10-7-5-4-6-9(10)3;1-5(2,3)8-4(6)7/h4-7H,1H2,2-3H3;1-3H3,(H2,6,7). The Hall–Kier alpha value is -1.77. The third-order valence-electron chi connectivity index (χ3n) is 2.01. The summed E-state index contributed by atoms with van der Waals surface area (Å²) in [7, 11) is 0. The summed E-state index contributed by atoms with van der Waals surface area (Å²) in [5.41, 5.74) is 7.97. The Balaban J connectivity index is 0.000000331. The van der Waals surface area contributed by atoms with Crippen molar-refractivity contribution in [1.29, 1.82) is 0 Å². The molecule has 1 aromatic carbocycles. The first-order chi connectivity index (χ1) is 8.13. The fourth-order valence-electron chi connectivity index (χ4n) is 1.35. The summed E-state index contributed by atoms with van der Waals surface area (Å²) in [5, 5.41) is 0. The number of hydrogen-bond acceptors (Lipinski definition) is 2. The second kappa shape index (κ2) is 6.84. The lowest BCUT2D eigenvalue weighted by Crippen LogP contribution is -2.27. The van der Waals surface area contributed by atoms with Crippen LogP contribution in [0.5, 0.6) is 0 Å². The smallest absolute Gasteiger partial charge is 0.405 e. The number of aryl methyl sites for hydroxylation is 1. The molecule has 100 valence electrons. The molecule has 1 rings (SSSR count). The van der Waals surface area contributed by atoms with Gasteiger partial charge in [0.15, 0.2) is 0 Å². The highest BCUT2D eigenvalue weighted by Gasteiger charge is 2.12. The van der Waals surface area contributed by atoms with Crippen molar-refractivity contribution in [1.82, 2.24) is 0 Å². The van der Waals surface area contributed by atoms with Gasteiger partial charge in [-0.3, -0.25) is 0 Å². The summed E-state index contributed by atoms with van der Waals surface area (Å²) >= 11 is 0. The molecule has 3 heteroatoms. The highest BCUT2D eigenvalue weighted by Crippen LogP contribution is 2.14. The Labute approximate surface area is 110 Å². The van der Waals surface area contributed by atoms with Gasteiger partial charge in [-0.1, -0.05) is 36.4 Å². The molecular weight excluding hydrogens is 226 g/mol. The first-order valence-electron chi connectivity index (χ1n) is 5.83. The summed E-state index contributed by atoms with van der Waals surface area (Å²) in [6, 6.07) is 8.28. The lowest BCUT2D eigenvalue weighted by atomic mass is 10.0. The monoisotopic (exact) mass is 249 g/mol. The molecule has 0 aliphatic carbocycles. The van der Waals surface area contributed by atoms with E-state index in [0.29, 0.717) is 0 Å². The van der Waals surface area contributed by atoms with Crippen LogP contribution >= 0.6 is 0 Å². The molecule has 0 aliphatic rings. The maximum absolute atomic E-state index is 10.0. The number of carbonyl (C=O) groups is 1. The molecular formula is C15H23NO2. The summed E-state index contributed by atoms with van der Waals surface area (Å²) in [4.78, 5) is 10.0. The van der Waals surface area contributed by atoms with Gasteiger partial charge in [0, 0.05) is 0 Å². The summed E-state index contributed by atoms with van der Waals surface area (Å²) in [6.45, 7) is 13.3. The molecule has 0 saturated carbocycles. The van der Waals surface area contributed by atoms with E-state index in [2.05, 4.69) is 30.4 Å². The number of carbonyl (C=O) groups excluding carboxylic acids is 1. The molecule has 0 aromatic heterocycles. The molecule has 0 saturated heterocycles. The molecule has 0 spiro atoms. The van der Waals surface area contributed by atoms with Gasteiger partial charge in [0.05, 0.1) is 0 Å². The van der Waals surface area contributed by atoms with Crippen LogP contribution in [0.2, 0.25) is 0 Å². The maximum atomic E-state index is 10.0. The van der Waals surface area contributed by atoms with Gasteiger partial charge >= 0.3 is 6.09 Å². The van der Waals surface area contributed by atoms with Crippen molar-refractivity contribution in [2.24, 2.45) is 5.73 Å².